The minimum Gasteiger partial charge on any atom is -0.395 e. The Hall–Kier alpha value is -3.44. The number of amides is 3. The molecule has 1 saturated carbocycles. The molecule has 1 atom stereocenters. The lowest BCUT2D eigenvalue weighted by molar-refractivity contribution is 0.0945. The second kappa shape index (κ2) is 9.90. The van der Waals surface area contributed by atoms with E-state index in [4.69, 9.17) is 5.11 Å². The van der Waals surface area contributed by atoms with Gasteiger partial charge in [-0.1, -0.05) is 12.1 Å². The van der Waals surface area contributed by atoms with Crippen LogP contribution in [0.4, 0.5) is 14.9 Å². The van der Waals surface area contributed by atoms with Crippen LogP contribution in [0.5, 0.6) is 0 Å². The Labute approximate surface area is 211 Å². The monoisotopic (exact) mass is 510 g/mol. The lowest BCUT2D eigenvalue weighted by Crippen LogP contribution is -2.38. The Morgan fingerprint density at radius 2 is 2.11 bits per heavy atom. The predicted octanol–water partition coefficient (Wildman–Crippen LogP) is 3.20. The molecule has 9 nitrogen and oxygen atoms in total. The van der Waals surface area contributed by atoms with Gasteiger partial charge < -0.3 is 20.6 Å². The van der Waals surface area contributed by atoms with E-state index in [9.17, 15) is 14.0 Å². The standard InChI is InChI=1S/C25H27FN6O3S/c1-15-2-5-17(10-19(15)26)25(23-29-14-30-36-23)6-8-32(13-25)24(35)31-21-11-20(16-3-4-16)28-12-18(21)22(34)27-7-9-33/h2,5,10-12,14,16,33H,3-4,6-9,13H2,1H3,(H,27,34)(H,28,31,35)/t25-/m1/s1. The quantitative estimate of drug-likeness (QED) is 0.449. The summed E-state index contributed by atoms with van der Waals surface area (Å²) in [6.07, 6.45) is 5.56. The van der Waals surface area contributed by atoms with E-state index in [1.54, 1.807) is 24.0 Å². The van der Waals surface area contributed by atoms with Crippen molar-refractivity contribution in [1.29, 1.82) is 0 Å². The summed E-state index contributed by atoms with van der Waals surface area (Å²) in [5.41, 5.74) is 2.07. The van der Waals surface area contributed by atoms with Crippen molar-refractivity contribution in [1.82, 2.24) is 24.6 Å². The molecular weight excluding hydrogens is 483 g/mol. The summed E-state index contributed by atoms with van der Waals surface area (Å²) in [5, 5.41) is 15.3. The van der Waals surface area contributed by atoms with Crippen LogP contribution in [0.3, 0.4) is 0 Å². The van der Waals surface area contributed by atoms with Crippen molar-refractivity contribution in [3.05, 3.63) is 70.0 Å². The van der Waals surface area contributed by atoms with Crippen LogP contribution in [0.25, 0.3) is 0 Å². The molecule has 1 aromatic carbocycles. The van der Waals surface area contributed by atoms with Crippen molar-refractivity contribution >= 4 is 29.2 Å². The molecule has 3 amide bonds. The molecule has 3 heterocycles. The van der Waals surface area contributed by atoms with E-state index in [2.05, 4.69) is 25.0 Å². The molecule has 3 aromatic rings. The summed E-state index contributed by atoms with van der Waals surface area (Å²) in [5.74, 6) is -0.389. The van der Waals surface area contributed by atoms with E-state index in [0.717, 1.165) is 29.1 Å². The lowest BCUT2D eigenvalue weighted by atomic mass is 9.80. The highest BCUT2D eigenvalue weighted by Crippen LogP contribution is 2.42. The van der Waals surface area contributed by atoms with Crippen molar-refractivity contribution in [2.75, 3.05) is 31.6 Å². The van der Waals surface area contributed by atoms with Crippen LogP contribution in [0, 0.1) is 12.7 Å². The number of anilines is 1. The number of hydrogen-bond donors (Lipinski definition) is 3. The number of pyridine rings is 1. The average molecular weight is 511 g/mol. The van der Waals surface area contributed by atoms with Crippen molar-refractivity contribution in [2.45, 2.75) is 37.5 Å². The molecule has 2 fully saturated rings. The normalized spacial score (nSPS) is 19.4. The van der Waals surface area contributed by atoms with Gasteiger partial charge in [-0.25, -0.2) is 14.2 Å². The fraction of sp³-hybridized carbons (Fsp3) is 0.400. The first-order valence-corrected chi connectivity index (χ1v) is 12.7. The van der Waals surface area contributed by atoms with E-state index in [-0.39, 0.29) is 30.6 Å². The van der Waals surface area contributed by atoms with Gasteiger partial charge in [0.1, 0.15) is 17.2 Å². The molecule has 0 unspecified atom stereocenters. The van der Waals surface area contributed by atoms with Crippen molar-refractivity contribution in [3.8, 4) is 0 Å². The molecular formula is C25H27FN6O3S. The molecule has 0 bridgehead atoms. The molecule has 0 spiro atoms. The van der Waals surface area contributed by atoms with Gasteiger partial charge in [-0.05, 0) is 61.0 Å². The second-order valence-electron chi connectivity index (χ2n) is 9.30. The topological polar surface area (TPSA) is 120 Å². The molecule has 0 radical (unpaired) electrons. The van der Waals surface area contributed by atoms with E-state index in [1.165, 1.54) is 30.1 Å². The van der Waals surface area contributed by atoms with Crippen LogP contribution in [0.15, 0.2) is 36.8 Å². The van der Waals surface area contributed by atoms with Gasteiger partial charge >= 0.3 is 6.03 Å². The number of urea groups is 1. The van der Waals surface area contributed by atoms with Crippen LogP contribution in [0.1, 0.15) is 57.4 Å². The van der Waals surface area contributed by atoms with Gasteiger partial charge in [-0.15, -0.1) is 0 Å². The number of aliphatic hydroxyl groups excluding tert-OH is 1. The molecule has 5 rings (SSSR count). The van der Waals surface area contributed by atoms with Crippen molar-refractivity contribution in [3.63, 3.8) is 0 Å². The number of aryl methyl sites for hydroxylation is 1. The van der Waals surface area contributed by atoms with E-state index in [1.807, 2.05) is 6.07 Å². The van der Waals surface area contributed by atoms with Gasteiger partial charge in [0, 0.05) is 37.4 Å². The Balaban J connectivity index is 1.41. The lowest BCUT2D eigenvalue weighted by Gasteiger charge is -2.28. The van der Waals surface area contributed by atoms with Crippen LogP contribution in [-0.2, 0) is 5.41 Å². The van der Waals surface area contributed by atoms with Gasteiger partial charge in [0.2, 0.25) is 0 Å². The number of rotatable bonds is 7. The first-order chi connectivity index (χ1) is 17.4. The zero-order chi connectivity index (χ0) is 25.3. The van der Waals surface area contributed by atoms with Gasteiger partial charge in [0.25, 0.3) is 5.91 Å². The second-order valence-corrected chi connectivity index (χ2v) is 10.1. The van der Waals surface area contributed by atoms with E-state index >= 15 is 0 Å². The fourth-order valence-electron chi connectivity index (χ4n) is 4.61. The number of nitrogens with zero attached hydrogens (tertiary/aromatic N) is 4. The number of aromatic nitrogens is 3. The van der Waals surface area contributed by atoms with Gasteiger partial charge in [-0.3, -0.25) is 9.78 Å². The number of carbonyl (C=O) groups is 2. The number of hydrogen-bond acceptors (Lipinski definition) is 7. The molecule has 1 aliphatic carbocycles. The number of nitrogens with one attached hydrogen (secondary N) is 2. The van der Waals surface area contributed by atoms with Crippen LogP contribution in [-0.4, -0.2) is 62.5 Å². The van der Waals surface area contributed by atoms with E-state index < -0.39 is 11.3 Å². The number of likely N-dealkylation sites (tertiary alicyclic amines) is 1. The van der Waals surface area contributed by atoms with Gasteiger partial charge in [0.05, 0.1) is 23.3 Å². The molecule has 11 heteroatoms. The van der Waals surface area contributed by atoms with Crippen LogP contribution < -0.4 is 10.6 Å². The maximum Gasteiger partial charge on any atom is 0.321 e. The molecule has 2 aliphatic rings. The zero-order valence-corrected chi connectivity index (χ0v) is 20.6. The Morgan fingerprint density at radius 1 is 1.28 bits per heavy atom. The molecule has 3 N–H and O–H groups in total. The number of aliphatic hydroxyl groups is 1. The third-order valence-corrected chi connectivity index (χ3v) is 7.72. The summed E-state index contributed by atoms with van der Waals surface area (Å²) < 4.78 is 18.7. The summed E-state index contributed by atoms with van der Waals surface area (Å²) in [4.78, 5) is 36.6. The third-order valence-electron chi connectivity index (χ3n) is 6.86. The van der Waals surface area contributed by atoms with Crippen LogP contribution >= 0.6 is 11.5 Å². The highest BCUT2D eigenvalue weighted by Gasteiger charge is 2.45. The molecule has 36 heavy (non-hydrogen) atoms. The summed E-state index contributed by atoms with van der Waals surface area (Å²) in [6, 6.07) is 6.54. The Bertz CT molecular complexity index is 1280. The summed E-state index contributed by atoms with van der Waals surface area (Å²) >= 11 is 1.24. The molecule has 2 aromatic heterocycles. The first-order valence-electron chi connectivity index (χ1n) is 11.9. The number of carbonyl (C=O) groups excluding carboxylic acids is 2. The minimum atomic E-state index is -0.675. The maximum atomic E-state index is 14.5. The summed E-state index contributed by atoms with van der Waals surface area (Å²) in [6.45, 7) is 2.34. The van der Waals surface area contributed by atoms with Gasteiger partial charge in [0.15, 0.2) is 0 Å². The number of halogens is 1. The highest BCUT2D eigenvalue weighted by molar-refractivity contribution is 7.05. The average Bonchev–Trinajstić information content (AvgIpc) is 3.37. The molecule has 188 valence electrons. The summed E-state index contributed by atoms with van der Waals surface area (Å²) in [7, 11) is 0. The largest absolute Gasteiger partial charge is 0.395 e. The predicted molar refractivity (Wildman–Crippen MR) is 133 cm³/mol. The smallest absolute Gasteiger partial charge is 0.321 e. The minimum absolute atomic E-state index is 0.0974. The van der Waals surface area contributed by atoms with Crippen molar-refractivity contribution in [2.24, 2.45) is 0 Å². The molecule has 1 aliphatic heterocycles. The first kappa shape index (κ1) is 24.3. The maximum absolute atomic E-state index is 14.5. The SMILES string of the molecule is Cc1ccc([C@@]2(c3ncns3)CCN(C(=O)Nc3cc(C4CC4)ncc3C(=O)NCCO)C2)cc1F. The molecule has 1 saturated heterocycles. The number of benzene rings is 1. The van der Waals surface area contributed by atoms with Gasteiger partial charge in [-0.2, -0.15) is 4.37 Å². The Morgan fingerprint density at radius 3 is 2.81 bits per heavy atom. The van der Waals surface area contributed by atoms with E-state index in [0.29, 0.717) is 36.7 Å². The third kappa shape index (κ3) is 4.68. The highest BCUT2D eigenvalue weighted by atomic mass is 32.1. The van der Waals surface area contributed by atoms with Crippen molar-refractivity contribution < 1.29 is 19.1 Å². The van der Waals surface area contributed by atoms with Crippen LogP contribution in [0.2, 0.25) is 0 Å². The zero-order valence-electron chi connectivity index (χ0n) is 19.8. The fourth-order valence-corrected chi connectivity index (χ4v) is 5.36. The Kier molecular flexibility index (Phi) is 6.67.